The molecule has 1 aliphatic rings. The van der Waals surface area contributed by atoms with Gasteiger partial charge in [0.2, 0.25) is 0 Å². The van der Waals surface area contributed by atoms with E-state index >= 15 is 0 Å². The zero-order valence-electron chi connectivity index (χ0n) is 10.7. The van der Waals surface area contributed by atoms with E-state index in [0.29, 0.717) is 0 Å². The van der Waals surface area contributed by atoms with E-state index in [9.17, 15) is 0 Å². The molecule has 108 valence electrons. The Morgan fingerprint density at radius 3 is 2.17 bits per heavy atom. The van der Waals surface area contributed by atoms with E-state index < -0.39 is 0 Å². The van der Waals surface area contributed by atoms with E-state index in [1.165, 1.54) is 12.8 Å². The van der Waals surface area contributed by atoms with Crippen LogP contribution in [-0.4, -0.2) is 49.4 Å². The molecule has 1 heterocycles. The molecule has 0 saturated carbocycles. The number of halogens is 3. The molecule has 1 atom stereocenters. The van der Waals surface area contributed by atoms with Crippen molar-refractivity contribution in [3.05, 3.63) is 0 Å². The van der Waals surface area contributed by atoms with E-state index in [0.717, 1.165) is 39.1 Å². The van der Waals surface area contributed by atoms with E-state index in [1.54, 1.807) is 7.11 Å². The first-order valence-electron chi connectivity index (χ1n) is 5.76. The summed E-state index contributed by atoms with van der Waals surface area (Å²) in [5.74, 6) is 0. The summed E-state index contributed by atoms with van der Waals surface area (Å²) in [4.78, 5) is 0. The van der Waals surface area contributed by atoms with Crippen molar-refractivity contribution in [2.75, 3.05) is 39.8 Å². The molecule has 0 radical (unpaired) electrons. The Bertz CT molecular complexity index is 171. The molecule has 2 N–H and O–H groups in total. The van der Waals surface area contributed by atoms with Crippen LogP contribution in [0.3, 0.4) is 0 Å². The average Bonchev–Trinajstić information content (AvgIpc) is 2.23. The Kier molecular flexibility index (Phi) is 22.4. The first-order chi connectivity index (χ1) is 7.34. The molecule has 1 saturated heterocycles. The molecule has 0 bridgehead atoms. The molecule has 1 fully saturated rings. The predicted molar refractivity (Wildman–Crippen MR) is 57.1 cm³/mol. The number of methoxy groups -OCH3 is 1. The summed E-state index contributed by atoms with van der Waals surface area (Å²) in [5, 5.41) is 6.89. The van der Waals surface area contributed by atoms with Crippen LogP contribution in [-0.2, 0) is 25.4 Å². The van der Waals surface area contributed by atoms with Gasteiger partial charge in [-0.1, -0.05) is 0 Å². The number of hydrogen-bond acceptors (Lipinski definition) is 4. The van der Waals surface area contributed by atoms with Crippen LogP contribution in [0.1, 0.15) is 19.3 Å². The first-order valence-corrected chi connectivity index (χ1v) is 6.46. The third-order valence-electron chi connectivity index (χ3n) is 2.65. The fourth-order valence-electron chi connectivity index (χ4n) is 1.73. The van der Waals surface area contributed by atoms with Gasteiger partial charge in [0.25, 0.3) is 0 Å². The van der Waals surface area contributed by atoms with Gasteiger partial charge >= 0.3 is 105 Å². The van der Waals surface area contributed by atoms with Gasteiger partial charge in [0, 0.05) is 0 Å². The summed E-state index contributed by atoms with van der Waals surface area (Å²) in [5.41, 5.74) is 0. The van der Waals surface area contributed by atoms with Crippen molar-refractivity contribution in [2.45, 2.75) is 25.5 Å². The smallest absolute Gasteiger partial charge is 1.00 e. The molecule has 4 nitrogen and oxygen atoms in total. The molecular weight excluding hydrogens is 332 g/mol. The van der Waals surface area contributed by atoms with Crippen LogP contribution in [0, 0.1) is 0 Å². The number of hydrogen-bond donors (Lipinski definition) is 2. The third-order valence-corrected chi connectivity index (χ3v) is 3.45. The van der Waals surface area contributed by atoms with Gasteiger partial charge in [-0.3, -0.25) is 0 Å². The van der Waals surface area contributed by atoms with E-state index in [2.05, 4.69) is 34.7 Å². The molecule has 0 aromatic rings. The van der Waals surface area contributed by atoms with Gasteiger partial charge in [0.1, 0.15) is 0 Å². The van der Waals surface area contributed by atoms with Crippen molar-refractivity contribution < 1.29 is 62.6 Å². The normalized spacial score (nSPS) is 23.4. The molecule has 0 amide bonds. The molecule has 1 unspecified atom stereocenters. The molecular formula is C10H22Cl3N3OTi. The Labute approximate surface area is 141 Å². The topological polar surface area (TPSA) is 36.5 Å². The fraction of sp³-hybridized carbons (Fsp3) is 1.00. The Morgan fingerprint density at radius 1 is 1.00 bits per heavy atom. The van der Waals surface area contributed by atoms with Crippen LogP contribution < -0.4 is 47.9 Å². The summed E-state index contributed by atoms with van der Waals surface area (Å²) in [6, 6.07) is 0. The van der Waals surface area contributed by atoms with Gasteiger partial charge in [-0.05, 0) is 0 Å². The number of nitrogens with zero attached hydrogens (tertiary/aromatic N) is 1. The summed E-state index contributed by atoms with van der Waals surface area (Å²) >= 11 is 2.14. The van der Waals surface area contributed by atoms with Crippen molar-refractivity contribution in [1.82, 2.24) is 14.0 Å². The minimum Gasteiger partial charge on any atom is -1.00 e. The first kappa shape index (κ1) is 24.4. The maximum Gasteiger partial charge on any atom is -1.00 e. The zero-order valence-corrected chi connectivity index (χ0v) is 14.6. The molecule has 1 aliphatic heterocycles. The second-order valence-electron chi connectivity index (χ2n) is 3.88. The van der Waals surface area contributed by atoms with Crippen LogP contribution in [0.2, 0.25) is 0 Å². The van der Waals surface area contributed by atoms with E-state index in [1.807, 2.05) is 0 Å². The van der Waals surface area contributed by atoms with Gasteiger partial charge in [-0.15, -0.1) is 0 Å². The summed E-state index contributed by atoms with van der Waals surface area (Å²) in [6.07, 6.45) is 3.74. The second kappa shape index (κ2) is 16.5. The Hall–Kier alpha value is 1.42. The third kappa shape index (κ3) is 11.3. The average molecular weight is 355 g/mol. The van der Waals surface area contributed by atoms with Gasteiger partial charge < -0.3 is 37.2 Å². The van der Waals surface area contributed by atoms with Gasteiger partial charge in [0.05, 0.1) is 0 Å². The van der Waals surface area contributed by atoms with Gasteiger partial charge in [-0.2, -0.15) is 0 Å². The molecule has 0 aromatic carbocycles. The van der Waals surface area contributed by atoms with E-state index in [4.69, 9.17) is 4.74 Å². The summed E-state index contributed by atoms with van der Waals surface area (Å²) < 4.78 is 7.77. The summed E-state index contributed by atoms with van der Waals surface area (Å²) in [7, 11) is 1.80. The van der Waals surface area contributed by atoms with Crippen LogP contribution >= 0.6 is 0 Å². The van der Waals surface area contributed by atoms with Crippen molar-refractivity contribution in [3.63, 3.8) is 0 Å². The molecule has 18 heavy (non-hydrogen) atoms. The molecule has 0 spiro atoms. The van der Waals surface area contributed by atoms with Crippen LogP contribution in [0.5, 0.6) is 0 Å². The SMILES string of the molecule is COC1CCNCCCNCCC[N]1[Ti+3].[Cl-].[Cl-].[Cl-]. The minimum absolute atomic E-state index is 0. The maximum absolute atomic E-state index is 5.47. The van der Waals surface area contributed by atoms with Crippen molar-refractivity contribution in [3.8, 4) is 0 Å². The van der Waals surface area contributed by atoms with Gasteiger partial charge in [0.15, 0.2) is 0 Å². The monoisotopic (exact) mass is 353 g/mol. The van der Waals surface area contributed by atoms with Crippen molar-refractivity contribution in [1.29, 1.82) is 0 Å². The standard InChI is InChI=1S/C10H22N3O.3ClH.Ti/c1-14-10-4-9-12-6-2-5-11-7-3-8-13-10;;;;/h10-12H,2-9H2,1H3;3*1H;/q-1;;;;+4/p-3. The van der Waals surface area contributed by atoms with Crippen LogP contribution in [0.25, 0.3) is 0 Å². The number of rotatable bonds is 1. The molecule has 8 heteroatoms. The van der Waals surface area contributed by atoms with Crippen LogP contribution in [0.4, 0.5) is 0 Å². The Morgan fingerprint density at radius 2 is 1.56 bits per heavy atom. The zero-order chi connectivity index (χ0) is 10.9. The van der Waals surface area contributed by atoms with E-state index in [-0.39, 0.29) is 43.4 Å². The number of nitrogens with one attached hydrogen (secondary N) is 2. The second-order valence-corrected chi connectivity index (χ2v) is 4.78. The summed E-state index contributed by atoms with van der Waals surface area (Å²) in [6.45, 7) is 5.49. The molecule has 1 rings (SSSR count). The quantitative estimate of drug-likeness (QED) is 0.459. The number of ether oxygens (including phenoxy) is 1. The molecule has 0 aromatic heterocycles. The fourth-order valence-corrected chi connectivity index (χ4v) is 2.35. The van der Waals surface area contributed by atoms with Gasteiger partial charge in [-0.25, -0.2) is 0 Å². The minimum atomic E-state index is 0. The van der Waals surface area contributed by atoms with Crippen molar-refractivity contribution in [2.24, 2.45) is 0 Å². The predicted octanol–water partition coefficient (Wildman–Crippen LogP) is -8.90. The van der Waals surface area contributed by atoms with Crippen molar-refractivity contribution >= 4 is 0 Å². The largest absolute Gasteiger partial charge is 1.00 e. The maximum atomic E-state index is 5.47. The van der Waals surface area contributed by atoms with Crippen LogP contribution in [0.15, 0.2) is 0 Å². The Balaban J connectivity index is -0.000000750. The molecule has 0 aliphatic carbocycles.